The molecular weight excluding hydrogens is 382 g/mol. The van der Waals surface area contributed by atoms with Crippen molar-refractivity contribution >= 4 is 11.8 Å². The molecule has 3 aliphatic rings. The van der Waals surface area contributed by atoms with Gasteiger partial charge >= 0.3 is 0 Å². The first-order valence-corrected chi connectivity index (χ1v) is 11.6. The molecule has 1 spiro atoms. The average molecular weight is 418 g/mol. The van der Waals surface area contributed by atoms with E-state index >= 15 is 0 Å². The number of rotatable bonds is 7. The van der Waals surface area contributed by atoms with E-state index in [0.717, 1.165) is 88.2 Å². The Kier molecular flexibility index (Phi) is 6.46. The predicted octanol–water partition coefficient (Wildman–Crippen LogP) is 2.93. The van der Waals surface area contributed by atoms with Crippen LogP contribution in [-0.2, 0) is 20.7 Å². The van der Waals surface area contributed by atoms with E-state index in [2.05, 4.69) is 10.5 Å². The third kappa shape index (κ3) is 5.05. The van der Waals surface area contributed by atoms with Gasteiger partial charge < -0.3 is 19.5 Å². The van der Waals surface area contributed by atoms with Crippen LogP contribution in [0.2, 0.25) is 0 Å². The topological polar surface area (TPSA) is 84.7 Å². The number of carbonyl (C=O) groups excluding carboxylic acids is 2. The Balaban J connectivity index is 1.20. The van der Waals surface area contributed by atoms with E-state index in [-0.39, 0.29) is 23.3 Å². The van der Waals surface area contributed by atoms with Crippen LogP contribution < -0.4 is 5.32 Å². The van der Waals surface area contributed by atoms with E-state index < -0.39 is 0 Å². The minimum absolute atomic E-state index is 0.0815. The number of likely N-dealkylation sites (tertiary alicyclic amines) is 1. The van der Waals surface area contributed by atoms with E-state index in [1.807, 2.05) is 18.7 Å². The fourth-order valence-electron chi connectivity index (χ4n) is 5.03. The van der Waals surface area contributed by atoms with Gasteiger partial charge in [-0.1, -0.05) is 5.16 Å². The van der Waals surface area contributed by atoms with Crippen LogP contribution in [0.3, 0.4) is 0 Å². The van der Waals surface area contributed by atoms with Crippen molar-refractivity contribution in [2.24, 2.45) is 11.8 Å². The van der Waals surface area contributed by atoms with Gasteiger partial charge in [-0.3, -0.25) is 9.59 Å². The first-order chi connectivity index (χ1) is 14.5. The first-order valence-electron chi connectivity index (χ1n) is 11.6. The van der Waals surface area contributed by atoms with Gasteiger partial charge in [0.25, 0.3) is 0 Å². The Morgan fingerprint density at radius 1 is 1.20 bits per heavy atom. The van der Waals surface area contributed by atoms with Gasteiger partial charge in [0.15, 0.2) is 0 Å². The average Bonchev–Trinajstić information content (AvgIpc) is 3.53. The first kappa shape index (κ1) is 21.3. The molecule has 1 N–H and O–H groups in total. The van der Waals surface area contributed by atoms with Gasteiger partial charge in [-0.2, -0.15) is 0 Å². The van der Waals surface area contributed by atoms with Gasteiger partial charge in [0.05, 0.1) is 11.3 Å². The molecule has 0 bridgehead atoms. The fourth-order valence-corrected chi connectivity index (χ4v) is 5.03. The molecule has 166 valence electrons. The van der Waals surface area contributed by atoms with Gasteiger partial charge in [-0.05, 0) is 71.1 Å². The summed E-state index contributed by atoms with van der Waals surface area (Å²) in [5, 5.41) is 7.07. The second kappa shape index (κ2) is 9.08. The van der Waals surface area contributed by atoms with Crippen molar-refractivity contribution in [3.63, 3.8) is 0 Å². The van der Waals surface area contributed by atoms with E-state index in [1.54, 1.807) is 0 Å². The van der Waals surface area contributed by atoms with Crippen molar-refractivity contribution in [1.29, 1.82) is 0 Å². The molecule has 2 amide bonds. The maximum atomic E-state index is 12.7. The number of aromatic nitrogens is 1. The molecule has 1 saturated carbocycles. The summed E-state index contributed by atoms with van der Waals surface area (Å²) in [6, 6.07) is 0. The van der Waals surface area contributed by atoms with Crippen LogP contribution in [0.15, 0.2) is 4.52 Å². The normalized spacial score (nSPS) is 23.5. The van der Waals surface area contributed by atoms with Crippen molar-refractivity contribution in [3.05, 3.63) is 17.0 Å². The van der Waals surface area contributed by atoms with Crippen LogP contribution in [0.25, 0.3) is 0 Å². The Bertz CT molecular complexity index is 743. The summed E-state index contributed by atoms with van der Waals surface area (Å²) in [4.78, 5) is 26.5. The number of piperidine rings is 1. The largest absolute Gasteiger partial charge is 0.375 e. The molecular formula is C23H35N3O4. The summed E-state index contributed by atoms with van der Waals surface area (Å²) in [5.74, 6) is 2.14. The zero-order valence-electron chi connectivity index (χ0n) is 18.4. The number of nitrogens with zero attached hydrogens (tertiary/aromatic N) is 2. The molecule has 0 radical (unpaired) electrons. The number of nitrogens with one attached hydrogen (secondary N) is 1. The Hall–Kier alpha value is -1.89. The SMILES string of the molecule is Cc1noc(C)c1CCC(=O)N1CCC2(CC1)CC(CCNC(=O)C1CC1)CCO2. The van der Waals surface area contributed by atoms with E-state index in [9.17, 15) is 9.59 Å². The molecule has 0 aromatic carbocycles. The molecule has 3 heterocycles. The number of ether oxygens (including phenoxy) is 1. The lowest BCUT2D eigenvalue weighted by molar-refractivity contribution is -0.147. The molecule has 1 aromatic rings. The third-order valence-electron chi connectivity index (χ3n) is 7.19. The number of hydrogen-bond donors (Lipinski definition) is 1. The molecule has 1 atom stereocenters. The van der Waals surface area contributed by atoms with Crippen molar-refractivity contribution < 1.29 is 18.8 Å². The molecule has 3 fully saturated rings. The van der Waals surface area contributed by atoms with Crippen LogP contribution in [0, 0.1) is 25.7 Å². The summed E-state index contributed by atoms with van der Waals surface area (Å²) in [6.07, 6.45) is 8.27. The summed E-state index contributed by atoms with van der Waals surface area (Å²) < 4.78 is 11.4. The van der Waals surface area contributed by atoms with Crippen LogP contribution in [-0.4, -0.2) is 53.7 Å². The second-order valence-electron chi connectivity index (χ2n) is 9.43. The zero-order chi connectivity index (χ0) is 21.1. The maximum absolute atomic E-state index is 12.7. The fraction of sp³-hybridized carbons (Fsp3) is 0.783. The predicted molar refractivity (Wildman–Crippen MR) is 112 cm³/mol. The molecule has 2 aliphatic heterocycles. The number of carbonyl (C=O) groups is 2. The summed E-state index contributed by atoms with van der Waals surface area (Å²) >= 11 is 0. The highest BCUT2D eigenvalue weighted by Gasteiger charge is 2.41. The molecule has 1 aliphatic carbocycles. The van der Waals surface area contributed by atoms with Crippen LogP contribution in [0.4, 0.5) is 0 Å². The lowest BCUT2D eigenvalue weighted by atomic mass is 9.78. The lowest BCUT2D eigenvalue weighted by Gasteiger charge is -2.46. The monoisotopic (exact) mass is 417 g/mol. The highest BCUT2D eigenvalue weighted by molar-refractivity contribution is 5.80. The molecule has 4 rings (SSSR count). The standard InChI is InChI=1S/C23H35N3O4/c1-16-20(17(2)30-25-16)5-6-21(27)26-12-9-23(10-13-26)15-18(8-14-29-23)7-11-24-22(28)19-3-4-19/h18-19H,3-15H2,1-2H3,(H,24,28). The number of aryl methyl sites for hydroxylation is 2. The smallest absolute Gasteiger partial charge is 0.223 e. The van der Waals surface area contributed by atoms with E-state index in [4.69, 9.17) is 9.26 Å². The second-order valence-corrected chi connectivity index (χ2v) is 9.43. The van der Waals surface area contributed by atoms with Crippen molar-refractivity contribution in [3.8, 4) is 0 Å². The molecule has 2 saturated heterocycles. The summed E-state index contributed by atoms with van der Waals surface area (Å²) in [5.41, 5.74) is 1.86. The van der Waals surface area contributed by atoms with E-state index in [1.165, 1.54) is 0 Å². The summed E-state index contributed by atoms with van der Waals surface area (Å²) in [7, 11) is 0. The molecule has 7 heteroatoms. The van der Waals surface area contributed by atoms with Gasteiger partial charge in [0, 0.05) is 44.1 Å². The van der Waals surface area contributed by atoms with Gasteiger partial charge in [-0.15, -0.1) is 0 Å². The highest BCUT2D eigenvalue weighted by atomic mass is 16.5. The quantitative estimate of drug-likeness (QED) is 0.737. The van der Waals surface area contributed by atoms with Gasteiger partial charge in [0.1, 0.15) is 5.76 Å². The van der Waals surface area contributed by atoms with Crippen LogP contribution >= 0.6 is 0 Å². The van der Waals surface area contributed by atoms with Crippen molar-refractivity contribution in [1.82, 2.24) is 15.4 Å². The third-order valence-corrected chi connectivity index (χ3v) is 7.19. The maximum Gasteiger partial charge on any atom is 0.223 e. The van der Waals surface area contributed by atoms with Gasteiger partial charge in [-0.25, -0.2) is 0 Å². The Morgan fingerprint density at radius 2 is 1.97 bits per heavy atom. The van der Waals surface area contributed by atoms with Crippen LogP contribution in [0.1, 0.15) is 68.4 Å². The van der Waals surface area contributed by atoms with Crippen molar-refractivity contribution in [2.45, 2.75) is 77.2 Å². The van der Waals surface area contributed by atoms with E-state index in [0.29, 0.717) is 18.8 Å². The zero-order valence-corrected chi connectivity index (χ0v) is 18.4. The Morgan fingerprint density at radius 3 is 2.63 bits per heavy atom. The minimum Gasteiger partial charge on any atom is -0.375 e. The van der Waals surface area contributed by atoms with Gasteiger partial charge in [0.2, 0.25) is 11.8 Å². The Labute approximate surface area is 178 Å². The molecule has 7 nitrogen and oxygen atoms in total. The number of amides is 2. The van der Waals surface area contributed by atoms with Crippen molar-refractivity contribution in [2.75, 3.05) is 26.2 Å². The molecule has 1 aromatic heterocycles. The molecule has 30 heavy (non-hydrogen) atoms. The number of hydrogen-bond acceptors (Lipinski definition) is 5. The summed E-state index contributed by atoms with van der Waals surface area (Å²) in [6.45, 7) is 6.94. The van der Waals surface area contributed by atoms with Crippen LogP contribution in [0.5, 0.6) is 0 Å². The molecule has 1 unspecified atom stereocenters. The highest BCUT2D eigenvalue weighted by Crippen LogP contribution is 2.39. The lowest BCUT2D eigenvalue weighted by Crippen LogP contribution is -2.51. The minimum atomic E-state index is -0.0815.